The van der Waals surface area contributed by atoms with Crippen molar-refractivity contribution in [3.05, 3.63) is 0 Å². The zero-order valence-electron chi connectivity index (χ0n) is 14.3. The van der Waals surface area contributed by atoms with Gasteiger partial charge in [0.15, 0.2) is 0 Å². The molecule has 2 N–H and O–H groups in total. The Bertz CT molecular complexity index is 223. The highest BCUT2D eigenvalue weighted by Gasteiger charge is 2.18. The number of rotatable bonds is 13. The first-order valence-electron chi connectivity index (χ1n) is 9.47. The van der Waals surface area contributed by atoms with Crippen LogP contribution in [0.15, 0.2) is 0 Å². The Morgan fingerprint density at radius 1 is 0.857 bits per heavy atom. The Morgan fingerprint density at radius 3 is 1.90 bits per heavy atom. The molecule has 0 amide bonds. The molecule has 0 spiro atoms. The summed E-state index contributed by atoms with van der Waals surface area (Å²) in [7, 11) is 0. The van der Waals surface area contributed by atoms with Crippen LogP contribution >= 0.6 is 0 Å². The molecule has 0 saturated carbocycles. The van der Waals surface area contributed by atoms with E-state index in [-0.39, 0.29) is 6.23 Å². The summed E-state index contributed by atoms with van der Waals surface area (Å²) in [6, 6.07) is 0. The van der Waals surface area contributed by atoms with E-state index < -0.39 is 0 Å². The van der Waals surface area contributed by atoms with E-state index in [1.807, 2.05) is 0 Å². The van der Waals surface area contributed by atoms with Crippen molar-refractivity contribution in [1.29, 1.82) is 0 Å². The molecule has 0 radical (unpaired) electrons. The standard InChI is InChI=1S/C18H38N2O/c1-2-3-4-5-6-7-8-9-10-11-12-13-15-20-16-14-19-17-18(20)21/h18-19,21H,2-17H2,1H3. The van der Waals surface area contributed by atoms with Crippen LogP contribution in [0, 0.1) is 0 Å². The molecular weight excluding hydrogens is 260 g/mol. The Balaban J connectivity index is 1.76. The molecule has 3 nitrogen and oxygen atoms in total. The molecule has 1 saturated heterocycles. The highest BCUT2D eigenvalue weighted by molar-refractivity contribution is 4.71. The summed E-state index contributed by atoms with van der Waals surface area (Å²) in [6.07, 6.45) is 16.5. The van der Waals surface area contributed by atoms with E-state index in [0.717, 1.165) is 26.2 Å². The average Bonchev–Trinajstić information content (AvgIpc) is 2.50. The lowest BCUT2D eigenvalue weighted by Gasteiger charge is -2.32. The smallest absolute Gasteiger partial charge is 0.120 e. The van der Waals surface area contributed by atoms with Crippen LogP contribution in [-0.2, 0) is 0 Å². The van der Waals surface area contributed by atoms with Crippen molar-refractivity contribution in [1.82, 2.24) is 10.2 Å². The van der Waals surface area contributed by atoms with Crippen LogP contribution in [0.3, 0.4) is 0 Å². The van der Waals surface area contributed by atoms with Crippen LogP contribution < -0.4 is 5.32 Å². The number of piperazine rings is 1. The van der Waals surface area contributed by atoms with Crippen molar-refractivity contribution in [2.75, 3.05) is 26.2 Å². The van der Waals surface area contributed by atoms with E-state index in [9.17, 15) is 5.11 Å². The van der Waals surface area contributed by atoms with Gasteiger partial charge in [-0.1, -0.05) is 77.6 Å². The Kier molecular flexibility index (Phi) is 12.2. The van der Waals surface area contributed by atoms with E-state index in [0.29, 0.717) is 0 Å². The molecule has 21 heavy (non-hydrogen) atoms. The third-order valence-corrected chi connectivity index (χ3v) is 4.62. The van der Waals surface area contributed by atoms with Crippen LogP contribution in [-0.4, -0.2) is 42.4 Å². The monoisotopic (exact) mass is 298 g/mol. The molecule has 1 aliphatic heterocycles. The van der Waals surface area contributed by atoms with Crippen LogP contribution in [0.25, 0.3) is 0 Å². The van der Waals surface area contributed by atoms with Gasteiger partial charge in [-0.2, -0.15) is 0 Å². The van der Waals surface area contributed by atoms with Crippen molar-refractivity contribution in [2.24, 2.45) is 0 Å². The fraction of sp³-hybridized carbons (Fsp3) is 1.00. The SMILES string of the molecule is CCCCCCCCCCCCCCN1CCNCC1O. The normalized spacial score (nSPS) is 20.0. The molecule has 0 aromatic carbocycles. The maximum absolute atomic E-state index is 9.81. The molecular formula is C18H38N2O. The lowest BCUT2D eigenvalue weighted by atomic mass is 10.1. The van der Waals surface area contributed by atoms with Crippen LogP contribution in [0.4, 0.5) is 0 Å². The number of β-amino-alcohol motifs (C(OH)–C–C–N with tert-alkyl or cyclic N) is 1. The number of nitrogens with zero attached hydrogens (tertiary/aromatic N) is 1. The minimum absolute atomic E-state index is 0.258. The second-order valence-corrected chi connectivity index (χ2v) is 6.61. The zero-order valence-corrected chi connectivity index (χ0v) is 14.3. The predicted octanol–water partition coefficient (Wildman–Crippen LogP) is 3.91. The highest BCUT2D eigenvalue weighted by atomic mass is 16.3. The van der Waals surface area contributed by atoms with Crippen LogP contribution in [0.5, 0.6) is 0 Å². The fourth-order valence-electron chi connectivity index (χ4n) is 3.15. The van der Waals surface area contributed by atoms with E-state index in [1.54, 1.807) is 0 Å². The summed E-state index contributed by atoms with van der Waals surface area (Å²) < 4.78 is 0. The second kappa shape index (κ2) is 13.5. The molecule has 1 heterocycles. The summed E-state index contributed by atoms with van der Waals surface area (Å²) >= 11 is 0. The minimum Gasteiger partial charge on any atom is -0.377 e. The highest BCUT2D eigenvalue weighted by Crippen LogP contribution is 2.12. The summed E-state index contributed by atoms with van der Waals surface area (Å²) in [6.45, 7) is 6.11. The summed E-state index contributed by atoms with van der Waals surface area (Å²) in [5, 5.41) is 13.0. The first-order valence-corrected chi connectivity index (χ1v) is 9.47. The molecule has 0 aliphatic carbocycles. The number of aliphatic hydroxyl groups is 1. The molecule has 0 bridgehead atoms. The Hall–Kier alpha value is -0.120. The molecule has 1 aliphatic rings. The summed E-state index contributed by atoms with van der Waals surface area (Å²) in [5.74, 6) is 0. The lowest BCUT2D eigenvalue weighted by molar-refractivity contribution is -0.0133. The van der Waals surface area contributed by atoms with Gasteiger partial charge in [0, 0.05) is 26.2 Å². The molecule has 1 fully saturated rings. The first-order chi connectivity index (χ1) is 10.3. The molecule has 1 unspecified atom stereocenters. The average molecular weight is 299 g/mol. The van der Waals surface area contributed by atoms with E-state index in [2.05, 4.69) is 17.1 Å². The topological polar surface area (TPSA) is 35.5 Å². The zero-order chi connectivity index (χ0) is 15.2. The van der Waals surface area contributed by atoms with Crippen molar-refractivity contribution in [3.63, 3.8) is 0 Å². The van der Waals surface area contributed by atoms with Crippen molar-refractivity contribution in [3.8, 4) is 0 Å². The minimum atomic E-state index is -0.258. The van der Waals surface area contributed by atoms with Crippen LogP contribution in [0.2, 0.25) is 0 Å². The summed E-state index contributed by atoms with van der Waals surface area (Å²) in [4.78, 5) is 2.22. The molecule has 126 valence electrons. The van der Waals surface area contributed by atoms with Gasteiger partial charge in [-0.15, -0.1) is 0 Å². The maximum Gasteiger partial charge on any atom is 0.120 e. The van der Waals surface area contributed by atoms with Gasteiger partial charge in [0.25, 0.3) is 0 Å². The number of hydrogen-bond acceptors (Lipinski definition) is 3. The van der Waals surface area contributed by atoms with Gasteiger partial charge in [0.2, 0.25) is 0 Å². The quantitative estimate of drug-likeness (QED) is 0.506. The molecule has 0 aromatic rings. The van der Waals surface area contributed by atoms with Crippen molar-refractivity contribution in [2.45, 2.75) is 90.2 Å². The largest absolute Gasteiger partial charge is 0.377 e. The fourth-order valence-corrected chi connectivity index (χ4v) is 3.15. The maximum atomic E-state index is 9.81. The van der Waals surface area contributed by atoms with Gasteiger partial charge in [0.1, 0.15) is 6.23 Å². The number of hydrogen-bond donors (Lipinski definition) is 2. The van der Waals surface area contributed by atoms with Crippen molar-refractivity contribution >= 4 is 0 Å². The van der Waals surface area contributed by atoms with E-state index in [1.165, 1.54) is 77.0 Å². The van der Waals surface area contributed by atoms with Gasteiger partial charge in [-0.05, 0) is 6.42 Å². The molecule has 1 rings (SSSR count). The van der Waals surface area contributed by atoms with Gasteiger partial charge in [-0.3, -0.25) is 4.90 Å². The summed E-state index contributed by atoms with van der Waals surface area (Å²) in [5.41, 5.74) is 0. The number of aliphatic hydroxyl groups excluding tert-OH is 1. The molecule has 3 heteroatoms. The van der Waals surface area contributed by atoms with Gasteiger partial charge in [-0.25, -0.2) is 0 Å². The number of nitrogens with one attached hydrogen (secondary N) is 1. The molecule has 0 aromatic heterocycles. The number of unbranched alkanes of at least 4 members (excludes halogenated alkanes) is 11. The van der Waals surface area contributed by atoms with Gasteiger partial charge in [0.05, 0.1) is 0 Å². The Morgan fingerprint density at radius 2 is 1.38 bits per heavy atom. The van der Waals surface area contributed by atoms with E-state index >= 15 is 0 Å². The predicted molar refractivity (Wildman–Crippen MR) is 91.5 cm³/mol. The first kappa shape index (κ1) is 18.9. The lowest BCUT2D eigenvalue weighted by Crippen LogP contribution is -2.51. The Labute approximate surface area is 132 Å². The van der Waals surface area contributed by atoms with Gasteiger partial charge >= 0.3 is 0 Å². The van der Waals surface area contributed by atoms with Gasteiger partial charge < -0.3 is 10.4 Å². The van der Waals surface area contributed by atoms with E-state index in [4.69, 9.17) is 0 Å². The second-order valence-electron chi connectivity index (χ2n) is 6.61. The molecule has 1 atom stereocenters. The third kappa shape index (κ3) is 10.3. The van der Waals surface area contributed by atoms with Crippen LogP contribution in [0.1, 0.15) is 84.0 Å². The third-order valence-electron chi connectivity index (χ3n) is 4.62. The van der Waals surface area contributed by atoms with Crippen molar-refractivity contribution < 1.29 is 5.11 Å².